The molecule has 11 rings (SSSR count). The number of rotatable bonds is 2. The Morgan fingerprint density at radius 3 is 1.79 bits per heavy atom. The van der Waals surface area contributed by atoms with Crippen LogP contribution < -0.4 is 0 Å². The van der Waals surface area contributed by atoms with E-state index in [1.54, 1.807) is 50.5 Å². The number of thiophene rings is 1. The van der Waals surface area contributed by atoms with Crippen molar-refractivity contribution in [2.45, 2.75) is 89.4 Å². The highest BCUT2D eigenvalue weighted by molar-refractivity contribution is 7.27. The molecule has 0 amide bonds. The molecule has 47 heavy (non-hydrogen) atoms. The van der Waals surface area contributed by atoms with E-state index in [0.29, 0.717) is 0 Å². The minimum absolute atomic E-state index is 0.744. The summed E-state index contributed by atoms with van der Waals surface area (Å²) in [5.74, 6) is 11.2. The Hall–Kier alpha value is -2.64. The highest BCUT2D eigenvalue weighted by Crippen LogP contribution is 2.70. The molecule has 0 radical (unpaired) electrons. The second kappa shape index (κ2) is 10.9. The van der Waals surface area contributed by atoms with Gasteiger partial charge in [0.25, 0.3) is 0 Å². The molecule has 8 atom stereocenters. The molecule has 240 valence electrons. The zero-order chi connectivity index (χ0) is 30.6. The number of hydrogen-bond acceptors (Lipinski definition) is 1. The number of hydrogen-bond donors (Lipinski definition) is 0. The van der Waals surface area contributed by atoms with Crippen LogP contribution >= 0.6 is 11.3 Å². The summed E-state index contributed by atoms with van der Waals surface area (Å²) in [7, 11) is 0. The highest BCUT2D eigenvalue weighted by atomic mass is 32.1. The van der Waals surface area contributed by atoms with Crippen LogP contribution in [0.3, 0.4) is 0 Å². The second-order valence-electron chi connectivity index (χ2n) is 17.2. The van der Waals surface area contributed by atoms with Crippen LogP contribution in [0.5, 0.6) is 0 Å². The molecular formula is C46H50S. The minimum Gasteiger partial charge on any atom is -0.134 e. The lowest BCUT2D eigenvalue weighted by Crippen LogP contribution is -2.61. The van der Waals surface area contributed by atoms with E-state index in [0.717, 1.165) is 65.1 Å². The van der Waals surface area contributed by atoms with Gasteiger partial charge < -0.3 is 0 Å². The molecule has 4 aromatic carbocycles. The first-order valence-corrected chi connectivity index (χ1v) is 20.6. The Balaban J connectivity index is 1.00. The van der Waals surface area contributed by atoms with Crippen molar-refractivity contribution in [2.24, 2.45) is 59.2 Å². The third kappa shape index (κ3) is 4.17. The molecule has 1 heteroatoms. The second-order valence-corrected chi connectivity index (χ2v) is 18.2. The summed E-state index contributed by atoms with van der Waals surface area (Å²) in [5.41, 5.74) is 4.54. The lowest BCUT2D eigenvalue weighted by atomic mass is 9.37. The fourth-order valence-corrected chi connectivity index (χ4v) is 15.6. The predicted octanol–water partition coefficient (Wildman–Crippen LogP) is 13.3. The van der Waals surface area contributed by atoms with Crippen molar-refractivity contribution in [3.8, 4) is 11.1 Å². The predicted molar refractivity (Wildman–Crippen MR) is 200 cm³/mol. The quantitative estimate of drug-likeness (QED) is 0.181. The average Bonchev–Trinajstić information content (AvgIpc) is 3.54. The van der Waals surface area contributed by atoms with Gasteiger partial charge in [0.15, 0.2) is 0 Å². The summed E-state index contributed by atoms with van der Waals surface area (Å²) in [6.45, 7) is 0. The standard InChI is InChI=1S/C46H50S/c1-2-13-31-27(10-1)22-23-40-39-21-8-18-32(46(39)47-45(31)40)29-12-7-11-28(24-29)30-25-41-35-16-5-3-14-33(35)37-19-9-20-38-34-15-4-6-17-36(34)42(26-30)44(41)43(37)38/h1-2,7-8,10-13,18,21-24,30,33-38,41-44H,3-6,9,14-17,19-20,25-26H2. The zero-order valence-electron chi connectivity index (χ0n) is 28.0. The Labute approximate surface area is 285 Å². The summed E-state index contributed by atoms with van der Waals surface area (Å²) < 4.78 is 2.90. The maximum absolute atomic E-state index is 2.66. The van der Waals surface area contributed by atoms with Crippen LogP contribution in [0.2, 0.25) is 0 Å². The van der Waals surface area contributed by atoms with Gasteiger partial charge in [-0.25, -0.2) is 0 Å². The fraction of sp³-hybridized carbons (Fsp3) is 0.522. The normalized spacial score (nSPS) is 37.7. The van der Waals surface area contributed by atoms with E-state index in [9.17, 15) is 0 Å². The van der Waals surface area contributed by atoms with Crippen LogP contribution in [0.1, 0.15) is 95.0 Å². The van der Waals surface area contributed by atoms with Gasteiger partial charge in [0.05, 0.1) is 0 Å². The molecule has 0 saturated heterocycles. The Bertz CT molecular complexity index is 1940. The van der Waals surface area contributed by atoms with E-state index in [2.05, 4.69) is 78.9 Å². The molecule has 6 aliphatic carbocycles. The number of benzene rings is 4. The largest absolute Gasteiger partial charge is 0.134 e. The van der Waals surface area contributed by atoms with Crippen molar-refractivity contribution >= 4 is 42.3 Å². The van der Waals surface area contributed by atoms with E-state index >= 15 is 0 Å². The molecule has 0 N–H and O–H groups in total. The van der Waals surface area contributed by atoms with Crippen LogP contribution in [-0.2, 0) is 0 Å². The van der Waals surface area contributed by atoms with Crippen molar-refractivity contribution in [3.63, 3.8) is 0 Å². The maximum atomic E-state index is 2.66. The van der Waals surface area contributed by atoms with Crippen molar-refractivity contribution in [1.29, 1.82) is 0 Å². The molecule has 6 saturated carbocycles. The van der Waals surface area contributed by atoms with Gasteiger partial charge in [-0.2, -0.15) is 0 Å². The third-order valence-electron chi connectivity index (χ3n) is 15.6. The van der Waals surface area contributed by atoms with Gasteiger partial charge in [0.1, 0.15) is 0 Å². The van der Waals surface area contributed by atoms with Crippen LogP contribution in [0.25, 0.3) is 42.1 Å². The van der Waals surface area contributed by atoms with Gasteiger partial charge in [0, 0.05) is 20.2 Å². The van der Waals surface area contributed by atoms with Crippen LogP contribution in [-0.4, -0.2) is 0 Å². The Morgan fingerprint density at radius 2 is 1.04 bits per heavy atom. The molecule has 0 spiro atoms. The average molecular weight is 635 g/mol. The number of fused-ring (bicyclic) bond motifs is 11. The van der Waals surface area contributed by atoms with Gasteiger partial charge in [-0.1, -0.05) is 111 Å². The van der Waals surface area contributed by atoms with Crippen LogP contribution in [0.15, 0.2) is 78.9 Å². The summed E-state index contributed by atoms with van der Waals surface area (Å²) in [5, 5.41) is 5.58. The van der Waals surface area contributed by atoms with Crippen LogP contribution in [0.4, 0.5) is 0 Å². The molecule has 8 unspecified atom stereocenters. The first-order valence-electron chi connectivity index (χ1n) is 19.7. The Kier molecular flexibility index (Phi) is 6.57. The smallest absolute Gasteiger partial charge is 0.0434 e. The lowest BCUT2D eigenvalue weighted by molar-refractivity contribution is -0.189. The molecule has 0 bridgehead atoms. The first-order chi connectivity index (χ1) is 23.3. The fourth-order valence-electron chi connectivity index (χ4n) is 14.2. The van der Waals surface area contributed by atoms with Gasteiger partial charge in [-0.05, 0) is 144 Å². The van der Waals surface area contributed by atoms with E-state index in [-0.39, 0.29) is 0 Å². The zero-order valence-corrected chi connectivity index (χ0v) is 28.8. The first kappa shape index (κ1) is 28.2. The Morgan fingerprint density at radius 1 is 0.447 bits per heavy atom. The van der Waals surface area contributed by atoms with Crippen molar-refractivity contribution in [3.05, 3.63) is 84.4 Å². The van der Waals surface area contributed by atoms with Crippen molar-refractivity contribution in [1.82, 2.24) is 0 Å². The van der Waals surface area contributed by atoms with Gasteiger partial charge in [-0.3, -0.25) is 0 Å². The molecule has 5 aromatic rings. The maximum Gasteiger partial charge on any atom is 0.0434 e. The van der Waals surface area contributed by atoms with Gasteiger partial charge >= 0.3 is 0 Å². The van der Waals surface area contributed by atoms with E-state index in [1.165, 1.54) is 80.6 Å². The topological polar surface area (TPSA) is 0 Å². The monoisotopic (exact) mass is 634 g/mol. The molecule has 0 aliphatic heterocycles. The summed E-state index contributed by atoms with van der Waals surface area (Å²) in [6, 6.07) is 30.7. The summed E-state index contributed by atoms with van der Waals surface area (Å²) >= 11 is 2.01. The van der Waals surface area contributed by atoms with E-state index in [4.69, 9.17) is 0 Å². The SMILES string of the molecule is c1cc(-c2cccc3c2sc2c4ccccc4ccc32)cc(C2CC3C4CCCCC4C4CCCC5C6CCCCC6C(C2)C3C45)c1. The van der Waals surface area contributed by atoms with Crippen LogP contribution in [0, 0.1) is 59.2 Å². The molecule has 6 fully saturated rings. The van der Waals surface area contributed by atoms with Gasteiger partial charge in [0.2, 0.25) is 0 Å². The van der Waals surface area contributed by atoms with Crippen molar-refractivity contribution < 1.29 is 0 Å². The van der Waals surface area contributed by atoms with Crippen molar-refractivity contribution in [2.75, 3.05) is 0 Å². The highest BCUT2D eigenvalue weighted by Gasteiger charge is 2.63. The third-order valence-corrected chi connectivity index (χ3v) is 16.9. The lowest BCUT2D eigenvalue weighted by Gasteiger charge is -2.68. The van der Waals surface area contributed by atoms with Gasteiger partial charge in [-0.15, -0.1) is 11.3 Å². The molecule has 0 nitrogen and oxygen atoms in total. The molecule has 1 heterocycles. The van der Waals surface area contributed by atoms with E-state index in [1.807, 2.05) is 11.3 Å². The molecule has 6 aliphatic rings. The molecular weight excluding hydrogens is 585 g/mol. The summed E-state index contributed by atoms with van der Waals surface area (Å²) in [4.78, 5) is 0. The minimum atomic E-state index is 0.744. The summed E-state index contributed by atoms with van der Waals surface area (Å²) in [6.07, 6.45) is 20.0. The molecule has 1 aromatic heterocycles. The van der Waals surface area contributed by atoms with E-state index < -0.39 is 0 Å².